The first kappa shape index (κ1) is 21.8. The van der Waals surface area contributed by atoms with Gasteiger partial charge in [0.05, 0.1) is 19.9 Å². The zero-order valence-corrected chi connectivity index (χ0v) is 18.9. The Hall–Kier alpha value is -3.45. The fourth-order valence-electron chi connectivity index (χ4n) is 3.38. The van der Waals surface area contributed by atoms with Gasteiger partial charge in [-0.1, -0.05) is 12.1 Å². The molecule has 0 saturated heterocycles. The molecule has 0 saturated carbocycles. The van der Waals surface area contributed by atoms with E-state index >= 15 is 0 Å². The number of aromatic nitrogens is 2. The van der Waals surface area contributed by atoms with Crippen molar-refractivity contribution >= 4 is 23.3 Å². The highest BCUT2D eigenvalue weighted by molar-refractivity contribution is 7.98. The maximum absolute atomic E-state index is 12.5. The van der Waals surface area contributed by atoms with Crippen LogP contribution in [0.3, 0.4) is 0 Å². The van der Waals surface area contributed by atoms with Gasteiger partial charge in [-0.25, -0.2) is 4.98 Å². The first-order valence-corrected chi connectivity index (χ1v) is 11.3. The minimum absolute atomic E-state index is 0.0811. The molecular weight excluding hydrogens is 422 g/mol. The summed E-state index contributed by atoms with van der Waals surface area (Å²) < 4.78 is 12.6. The van der Waals surface area contributed by atoms with E-state index in [9.17, 15) is 4.79 Å². The summed E-state index contributed by atoms with van der Waals surface area (Å²) in [6.45, 7) is 0.540. The Kier molecular flexibility index (Phi) is 6.97. The third-order valence-electron chi connectivity index (χ3n) is 5.06. The highest BCUT2D eigenvalue weighted by Gasteiger charge is 2.08. The Bertz CT molecular complexity index is 1170. The van der Waals surface area contributed by atoms with Gasteiger partial charge < -0.3 is 19.2 Å². The lowest BCUT2D eigenvalue weighted by molar-refractivity contribution is 0.0954. The number of amides is 1. The number of thioether (sulfide) groups is 1. The second kappa shape index (κ2) is 10.2. The van der Waals surface area contributed by atoms with E-state index in [2.05, 4.69) is 10.3 Å². The van der Waals surface area contributed by atoms with Gasteiger partial charge in [0.15, 0.2) is 11.5 Å². The Morgan fingerprint density at radius 3 is 2.59 bits per heavy atom. The van der Waals surface area contributed by atoms with E-state index in [1.165, 1.54) is 0 Å². The Morgan fingerprint density at radius 1 is 1.03 bits per heavy atom. The lowest BCUT2D eigenvalue weighted by atomic mass is 10.1. The van der Waals surface area contributed by atoms with Crippen LogP contribution in [0.25, 0.3) is 5.65 Å². The largest absolute Gasteiger partial charge is 0.493 e. The predicted molar refractivity (Wildman–Crippen MR) is 127 cm³/mol. The van der Waals surface area contributed by atoms with E-state index in [1.807, 2.05) is 77.5 Å². The van der Waals surface area contributed by atoms with E-state index < -0.39 is 0 Å². The van der Waals surface area contributed by atoms with E-state index in [-0.39, 0.29) is 5.91 Å². The molecule has 32 heavy (non-hydrogen) atoms. The van der Waals surface area contributed by atoms with Gasteiger partial charge in [-0.3, -0.25) is 4.79 Å². The predicted octanol–water partition coefficient (Wildman–Crippen LogP) is 4.62. The van der Waals surface area contributed by atoms with Crippen molar-refractivity contribution in [3.05, 3.63) is 89.9 Å². The van der Waals surface area contributed by atoms with Crippen molar-refractivity contribution in [2.75, 3.05) is 20.8 Å². The van der Waals surface area contributed by atoms with Crippen LogP contribution in [-0.4, -0.2) is 36.1 Å². The van der Waals surface area contributed by atoms with Crippen molar-refractivity contribution in [1.82, 2.24) is 14.7 Å². The van der Waals surface area contributed by atoms with E-state index in [0.29, 0.717) is 30.0 Å². The van der Waals surface area contributed by atoms with Gasteiger partial charge in [0.25, 0.3) is 5.91 Å². The molecular formula is C25H25N3O3S. The average molecular weight is 448 g/mol. The molecule has 4 rings (SSSR count). The SMILES string of the molecule is COc1ccc(CCNC(=O)c2ccc(SCc3cn4ccccc4n3)cc2)cc1OC. The zero-order chi connectivity index (χ0) is 22.3. The average Bonchev–Trinajstić information content (AvgIpc) is 3.26. The zero-order valence-electron chi connectivity index (χ0n) is 18.1. The normalized spacial score (nSPS) is 10.8. The molecule has 2 aromatic carbocycles. The summed E-state index contributed by atoms with van der Waals surface area (Å²) in [4.78, 5) is 18.2. The first-order chi connectivity index (χ1) is 15.7. The molecule has 2 heterocycles. The fourth-order valence-corrected chi connectivity index (χ4v) is 4.16. The van der Waals surface area contributed by atoms with Gasteiger partial charge >= 0.3 is 0 Å². The first-order valence-electron chi connectivity index (χ1n) is 10.3. The number of carbonyl (C=O) groups is 1. The van der Waals surface area contributed by atoms with E-state index in [1.54, 1.807) is 26.0 Å². The third-order valence-corrected chi connectivity index (χ3v) is 6.11. The quantitative estimate of drug-likeness (QED) is 0.380. The van der Waals surface area contributed by atoms with Crippen molar-refractivity contribution in [3.63, 3.8) is 0 Å². The molecule has 0 aliphatic heterocycles. The number of methoxy groups -OCH3 is 2. The molecule has 164 valence electrons. The third kappa shape index (κ3) is 5.23. The minimum Gasteiger partial charge on any atom is -0.493 e. The second-order valence-electron chi connectivity index (χ2n) is 7.21. The van der Waals surface area contributed by atoms with Crippen LogP contribution in [0.5, 0.6) is 11.5 Å². The summed E-state index contributed by atoms with van der Waals surface area (Å²) in [6, 6.07) is 19.4. The van der Waals surface area contributed by atoms with Gasteiger partial charge in [-0.15, -0.1) is 11.8 Å². The molecule has 0 unspecified atom stereocenters. The van der Waals surface area contributed by atoms with Crippen molar-refractivity contribution in [1.29, 1.82) is 0 Å². The molecule has 0 radical (unpaired) electrons. The maximum Gasteiger partial charge on any atom is 0.251 e. The maximum atomic E-state index is 12.5. The number of benzene rings is 2. The molecule has 1 N–H and O–H groups in total. The molecule has 4 aromatic rings. The summed E-state index contributed by atoms with van der Waals surface area (Å²) in [5, 5.41) is 2.98. The smallest absolute Gasteiger partial charge is 0.251 e. The number of pyridine rings is 1. The number of hydrogen-bond donors (Lipinski definition) is 1. The Balaban J connectivity index is 1.27. The van der Waals surface area contributed by atoms with Crippen LogP contribution >= 0.6 is 11.8 Å². The van der Waals surface area contributed by atoms with Gasteiger partial charge in [-0.2, -0.15) is 0 Å². The van der Waals surface area contributed by atoms with Gasteiger partial charge in [0.2, 0.25) is 0 Å². The number of rotatable bonds is 9. The van der Waals surface area contributed by atoms with Crippen LogP contribution in [-0.2, 0) is 12.2 Å². The number of ether oxygens (including phenoxy) is 2. The molecule has 7 heteroatoms. The van der Waals surface area contributed by atoms with Crippen molar-refractivity contribution in [2.24, 2.45) is 0 Å². The van der Waals surface area contributed by atoms with Crippen LogP contribution in [0.4, 0.5) is 0 Å². The standard InChI is InChI=1S/C25H25N3O3S/c1-30-22-11-6-18(15-23(22)31-2)12-13-26-25(29)19-7-9-21(10-8-19)32-17-20-16-28-14-4-3-5-24(28)27-20/h3-11,14-16H,12-13,17H2,1-2H3,(H,26,29). The number of carbonyl (C=O) groups excluding carboxylic acids is 1. The fraction of sp³-hybridized carbons (Fsp3) is 0.200. The number of fused-ring (bicyclic) bond motifs is 1. The number of hydrogen-bond acceptors (Lipinski definition) is 5. The van der Waals surface area contributed by atoms with Crippen LogP contribution in [0.15, 0.2) is 78.0 Å². The molecule has 0 aliphatic rings. The van der Waals surface area contributed by atoms with Crippen LogP contribution in [0.1, 0.15) is 21.6 Å². The lowest BCUT2D eigenvalue weighted by Crippen LogP contribution is -2.25. The lowest BCUT2D eigenvalue weighted by Gasteiger charge is -2.10. The molecule has 0 spiro atoms. The molecule has 6 nitrogen and oxygen atoms in total. The van der Waals surface area contributed by atoms with Crippen LogP contribution < -0.4 is 14.8 Å². The number of imidazole rings is 1. The van der Waals surface area contributed by atoms with E-state index in [4.69, 9.17) is 9.47 Å². The van der Waals surface area contributed by atoms with Crippen LogP contribution in [0, 0.1) is 0 Å². The molecule has 0 aliphatic carbocycles. The number of nitrogens with one attached hydrogen (secondary N) is 1. The van der Waals surface area contributed by atoms with E-state index in [0.717, 1.165) is 27.6 Å². The topological polar surface area (TPSA) is 64.9 Å². The summed E-state index contributed by atoms with van der Waals surface area (Å²) in [5.41, 5.74) is 3.69. The van der Waals surface area contributed by atoms with Crippen molar-refractivity contribution in [2.45, 2.75) is 17.1 Å². The van der Waals surface area contributed by atoms with Crippen molar-refractivity contribution < 1.29 is 14.3 Å². The summed E-state index contributed by atoms with van der Waals surface area (Å²) in [5.74, 6) is 2.08. The Labute approximate surface area is 191 Å². The van der Waals surface area contributed by atoms with Gasteiger partial charge in [0.1, 0.15) is 5.65 Å². The molecule has 0 atom stereocenters. The highest BCUT2D eigenvalue weighted by atomic mass is 32.2. The van der Waals surface area contributed by atoms with Crippen molar-refractivity contribution in [3.8, 4) is 11.5 Å². The van der Waals surface area contributed by atoms with Crippen LogP contribution in [0.2, 0.25) is 0 Å². The summed E-state index contributed by atoms with van der Waals surface area (Å²) in [6.07, 6.45) is 4.75. The molecule has 2 aromatic heterocycles. The van der Waals surface area contributed by atoms with Gasteiger partial charge in [-0.05, 0) is 60.5 Å². The second-order valence-corrected chi connectivity index (χ2v) is 8.26. The summed E-state index contributed by atoms with van der Waals surface area (Å²) in [7, 11) is 3.23. The monoisotopic (exact) mass is 447 g/mol. The van der Waals surface area contributed by atoms with Gasteiger partial charge in [0, 0.05) is 35.2 Å². The highest BCUT2D eigenvalue weighted by Crippen LogP contribution is 2.27. The Morgan fingerprint density at radius 2 is 1.84 bits per heavy atom. The number of nitrogens with zero attached hydrogens (tertiary/aromatic N) is 2. The molecule has 0 fully saturated rings. The molecule has 1 amide bonds. The minimum atomic E-state index is -0.0811. The summed E-state index contributed by atoms with van der Waals surface area (Å²) >= 11 is 1.70. The molecule has 0 bridgehead atoms.